The highest BCUT2D eigenvalue weighted by Crippen LogP contribution is 2.23. The topological polar surface area (TPSA) is 73.8 Å². The van der Waals surface area contributed by atoms with Gasteiger partial charge >= 0.3 is 0 Å². The maximum absolute atomic E-state index is 12.1. The molecule has 0 spiro atoms. The van der Waals surface area contributed by atoms with Gasteiger partial charge in [-0.3, -0.25) is 4.99 Å². The molecule has 1 aromatic rings. The summed E-state index contributed by atoms with van der Waals surface area (Å²) in [5.41, 5.74) is 0.581. The van der Waals surface area contributed by atoms with Gasteiger partial charge in [0.05, 0.1) is 5.69 Å². The van der Waals surface area contributed by atoms with Crippen molar-refractivity contribution in [3.8, 4) is 0 Å². The quantitative estimate of drug-likeness (QED) is 0.808. The summed E-state index contributed by atoms with van der Waals surface area (Å²) in [5, 5.41) is 3.03. The molecule has 0 unspecified atom stereocenters. The first-order valence-electron chi connectivity index (χ1n) is 7.81. The van der Waals surface area contributed by atoms with E-state index < -0.39 is 10.0 Å². The van der Waals surface area contributed by atoms with E-state index in [9.17, 15) is 8.42 Å². The fraction of sp³-hybridized carbons (Fsp3) is 0.533. The number of rotatable bonds is 5. The van der Waals surface area contributed by atoms with Gasteiger partial charge in [-0.1, -0.05) is 12.1 Å². The van der Waals surface area contributed by atoms with E-state index in [0.717, 1.165) is 19.4 Å². The number of nitrogens with one attached hydrogen (secondary N) is 2. The number of guanidine groups is 1. The Morgan fingerprint density at radius 2 is 1.91 bits per heavy atom. The second kappa shape index (κ2) is 6.66. The smallest absolute Gasteiger partial charge is 0.266 e. The van der Waals surface area contributed by atoms with Crippen LogP contribution in [-0.2, 0) is 10.0 Å². The largest absolute Gasteiger partial charge is 0.324 e. The molecule has 2 heterocycles. The van der Waals surface area contributed by atoms with Crippen LogP contribution < -0.4 is 10.0 Å². The fourth-order valence-electron chi connectivity index (χ4n) is 2.86. The predicted octanol–water partition coefficient (Wildman–Crippen LogP) is 1.62. The highest BCUT2D eigenvalue weighted by Gasteiger charge is 2.25. The number of nitrogens with zero attached hydrogens (tertiary/aromatic N) is 2. The van der Waals surface area contributed by atoms with Crippen molar-refractivity contribution in [1.82, 2.24) is 9.62 Å². The van der Waals surface area contributed by atoms with Gasteiger partial charge in [0.2, 0.25) is 5.96 Å². The molecule has 0 aliphatic carbocycles. The van der Waals surface area contributed by atoms with E-state index in [2.05, 4.69) is 19.9 Å². The third-order valence-corrected chi connectivity index (χ3v) is 5.41. The van der Waals surface area contributed by atoms with Crippen LogP contribution in [0.25, 0.3) is 0 Å². The molecular formula is C15H22N4O2S. The average Bonchev–Trinajstić information content (AvgIpc) is 2.99. The van der Waals surface area contributed by atoms with Gasteiger partial charge in [-0.2, -0.15) is 0 Å². The number of hydrogen-bond donors (Lipinski definition) is 2. The first-order valence-corrected chi connectivity index (χ1v) is 9.29. The highest BCUT2D eigenvalue weighted by atomic mass is 32.2. The molecule has 2 aliphatic heterocycles. The Balaban J connectivity index is 1.52. The Morgan fingerprint density at radius 1 is 1.14 bits per heavy atom. The van der Waals surface area contributed by atoms with Crippen molar-refractivity contribution in [3.63, 3.8) is 0 Å². The summed E-state index contributed by atoms with van der Waals surface area (Å²) >= 11 is 0. The SMILES string of the molecule is O=S1(=O)NC(=NCCCCN2CCCC2)Nc2ccccc21. The highest BCUT2D eigenvalue weighted by molar-refractivity contribution is 7.90. The molecule has 2 N–H and O–H groups in total. The molecule has 1 fully saturated rings. The van der Waals surface area contributed by atoms with E-state index in [1.807, 2.05) is 0 Å². The second-order valence-electron chi connectivity index (χ2n) is 5.71. The van der Waals surface area contributed by atoms with E-state index in [4.69, 9.17) is 0 Å². The summed E-state index contributed by atoms with van der Waals surface area (Å²) in [4.78, 5) is 7.08. The van der Waals surface area contributed by atoms with Crippen molar-refractivity contribution < 1.29 is 8.42 Å². The number of benzene rings is 1. The lowest BCUT2D eigenvalue weighted by Crippen LogP contribution is -2.40. The van der Waals surface area contributed by atoms with Crippen molar-refractivity contribution in [1.29, 1.82) is 0 Å². The standard InChI is InChI=1S/C15H22N4O2S/c20-22(21)14-8-2-1-7-13(14)17-15(18-22)16-9-3-4-10-19-11-5-6-12-19/h1-2,7-8H,3-6,9-12H2,(H2,16,17,18). The maximum atomic E-state index is 12.1. The van der Waals surface area contributed by atoms with Gasteiger partial charge in [-0.15, -0.1) is 0 Å². The molecule has 1 saturated heterocycles. The van der Waals surface area contributed by atoms with E-state index in [0.29, 0.717) is 18.2 Å². The molecule has 2 aliphatic rings. The van der Waals surface area contributed by atoms with E-state index >= 15 is 0 Å². The summed E-state index contributed by atoms with van der Waals surface area (Å²) < 4.78 is 26.7. The van der Waals surface area contributed by atoms with Gasteiger partial charge in [0.1, 0.15) is 4.90 Å². The molecule has 0 saturated carbocycles. The first kappa shape index (κ1) is 15.3. The predicted molar refractivity (Wildman–Crippen MR) is 87.6 cm³/mol. The molecule has 22 heavy (non-hydrogen) atoms. The minimum atomic E-state index is -3.50. The fourth-order valence-corrected chi connectivity index (χ4v) is 4.00. The molecular weight excluding hydrogens is 300 g/mol. The van der Waals surface area contributed by atoms with Gasteiger partial charge in [-0.05, 0) is 57.5 Å². The van der Waals surface area contributed by atoms with Crippen LogP contribution in [0.3, 0.4) is 0 Å². The van der Waals surface area contributed by atoms with Crippen molar-refractivity contribution in [3.05, 3.63) is 24.3 Å². The zero-order chi connectivity index (χ0) is 15.4. The monoisotopic (exact) mass is 322 g/mol. The van der Waals surface area contributed by atoms with Crippen molar-refractivity contribution in [2.45, 2.75) is 30.6 Å². The molecule has 120 valence electrons. The minimum Gasteiger partial charge on any atom is -0.324 e. The number of para-hydroxylation sites is 1. The van der Waals surface area contributed by atoms with Crippen molar-refractivity contribution in [2.24, 2.45) is 4.99 Å². The lowest BCUT2D eigenvalue weighted by atomic mass is 10.3. The Kier molecular flexibility index (Phi) is 4.63. The van der Waals surface area contributed by atoms with Gasteiger partial charge in [-0.25, -0.2) is 13.1 Å². The number of aliphatic imine (C=N–C) groups is 1. The molecule has 1 aromatic carbocycles. The number of fused-ring (bicyclic) bond motifs is 1. The Morgan fingerprint density at radius 3 is 2.73 bits per heavy atom. The summed E-state index contributed by atoms with van der Waals surface area (Å²) in [7, 11) is -3.50. The number of hydrogen-bond acceptors (Lipinski definition) is 4. The number of anilines is 1. The molecule has 0 amide bonds. The molecule has 0 radical (unpaired) electrons. The zero-order valence-electron chi connectivity index (χ0n) is 12.6. The molecule has 3 rings (SSSR count). The van der Waals surface area contributed by atoms with Gasteiger partial charge in [0.15, 0.2) is 0 Å². The second-order valence-corrected chi connectivity index (χ2v) is 7.36. The lowest BCUT2D eigenvalue weighted by Gasteiger charge is -2.21. The van der Waals surface area contributed by atoms with Crippen LogP contribution in [0.1, 0.15) is 25.7 Å². The third-order valence-electron chi connectivity index (χ3n) is 4.01. The van der Waals surface area contributed by atoms with E-state index in [1.54, 1.807) is 24.3 Å². The van der Waals surface area contributed by atoms with Crippen LogP contribution >= 0.6 is 0 Å². The minimum absolute atomic E-state index is 0.267. The third kappa shape index (κ3) is 3.59. The normalized spacial score (nSPS) is 22.1. The molecule has 6 nitrogen and oxygen atoms in total. The van der Waals surface area contributed by atoms with Crippen molar-refractivity contribution in [2.75, 3.05) is 31.5 Å². The molecule has 7 heteroatoms. The van der Waals surface area contributed by atoms with Crippen LogP contribution in [0, 0.1) is 0 Å². The van der Waals surface area contributed by atoms with Gasteiger partial charge < -0.3 is 10.2 Å². The first-order chi connectivity index (χ1) is 10.6. The molecule has 0 atom stereocenters. The summed E-state index contributed by atoms with van der Waals surface area (Å²) in [6.45, 7) is 4.17. The van der Waals surface area contributed by atoms with Crippen LogP contribution in [0.15, 0.2) is 34.2 Å². The maximum Gasteiger partial charge on any atom is 0.266 e. The molecule has 0 aromatic heterocycles. The van der Waals surface area contributed by atoms with Gasteiger partial charge in [0, 0.05) is 6.54 Å². The summed E-state index contributed by atoms with van der Waals surface area (Å²) in [6, 6.07) is 6.84. The number of unbranched alkanes of at least 4 members (excludes halogenated alkanes) is 1. The molecule has 0 bridgehead atoms. The van der Waals surface area contributed by atoms with Crippen LogP contribution in [-0.4, -0.2) is 45.5 Å². The van der Waals surface area contributed by atoms with E-state index in [1.165, 1.54) is 25.9 Å². The van der Waals surface area contributed by atoms with Crippen LogP contribution in [0.5, 0.6) is 0 Å². The number of sulfonamides is 1. The Labute approximate surface area is 131 Å². The zero-order valence-corrected chi connectivity index (χ0v) is 13.4. The Hall–Kier alpha value is -1.60. The van der Waals surface area contributed by atoms with Gasteiger partial charge in [0.25, 0.3) is 10.0 Å². The van der Waals surface area contributed by atoms with Crippen molar-refractivity contribution >= 4 is 21.7 Å². The van der Waals surface area contributed by atoms with Crippen LogP contribution in [0.2, 0.25) is 0 Å². The average molecular weight is 322 g/mol. The summed E-state index contributed by atoms with van der Waals surface area (Å²) in [6.07, 6.45) is 4.69. The Bertz CT molecular complexity index is 651. The number of likely N-dealkylation sites (tertiary alicyclic amines) is 1. The lowest BCUT2D eigenvalue weighted by molar-refractivity contribution is 0.331. The van der Waals surface area contributed by atoms with E-state index in [-0.39, 0.29) is 4.90 Å². The summed E-state index contributed by atoms with van der Waals surface area (Å²) in [5.74, 6) is 0.319. The van der Waals surface area contributed by atoms with Crippen LogP contribution in [0.4, 0.5) is 5.69 Å².